The number of hydrogen-bond acceptors (Lipinski definition) is 5. The van der Waals surface area contributed by atoms with Crippen molar-refractivity contribution in [3.63, 3.8) is 0 Å². The fraction of sp³-hybridized carbons (Fsp3) is 0.182. The van der Waals surface area contributed by atoms with E-state index in [9.17, 15) is 10.2 Å². The van der Waals surface area contributed by atoms with Crippen LogP contribution in [0.15, 0.2) is 29.9 Å². The monoisotopic (exact) mass is 236 g/mol. The topological polar surface area (TPSA) is 65.4 Å². The zero-order valence-electron chi connectivity index (χ0n) is 8.55. The van der Waals surface area contributed by atoms with Gasteiger partial charge in [0.25, 0.3) is 0 Å². The Balaban J connectivity index is 1.92. The highest BCUT2D eigenvalue weighted by Crippen LogP contribution is 2.27. The van der Waals surface area contributed by atoms with Crippen molar-refractivity contribution in [1.29, 1.82) is 0 Å². The Hall–Kier alpha value is -1.59. The summed E-state index contributed by atoms with van der Waals surface area (Å²) in [7, 11) is 0. The van der Waals surface area contributed by atoms with Crippen molar-refractivity contribution in [2.24, 2.45) is 0 Å². The molecule has 2 aromatic rings. The molecule has 16 heavy (non-hydrogen) atoms. The molecule has 0 fully saturated rings. The third kappa shape index (κ3) is 2.50. The predicted octanol–water partition coefficient (Wildman–Crippen LogP) is 1.84. The standard InChI is InChI=1S/C11H12N2O2S/c14-10-3-1-2-8(11(10)15)4-12-5-9-6-13-7-16-9/h1-3,6-7,12,14-15H,4-5H2. The number of aromatic hydroxyl groups is 2. The molecule has 0 saturated carbocycles. The van der Waals surface area contributed by atoms with Gasteiger partial charge in [0, 0.05) is 29.7 Å². The average molecular weight is 236 g/mol. The molecule has 1 aromatic heterocycles. The molecule has 4 nitrogen and oxygen atoms in total. The Labute approximate surface area is 97.2 Å². The first-order valence-electron chi connectivity index (χ1n) is 4.85. The van der Waals surface area contributed by atoms with Gasteiger partial charge in [-0.3, -0.25) is 4.98 Å². The summed E-state index contributed by atoms with van der Waals surface area (Å²) in [6.45, 7) is 1.22. The number of phenols is 2. The van der Waals surface area contributed by atoms with Crippen molar-refractivity contribution in [1.82, 2.24) is 10.3 Å². The molecule has 0 bridgehead atoms. The molecule has 0 atom stereocenters. The fourth-order valence-electron chi connectivity index (χ4n) is 1.37. The van der Waals surface area contributed by atoms with Gasteiger partial charge in [-0.15, -0.1) is 11.3 Å². The fourth-order valence-corrected chi connectivity index (χ4v) is 1.93. The van der Waals surface area contributed by atoms with E-state index in [4.69, 9.17) is 0 Å². The van der Waals surface area contributed by atoms with Crippen LogP contribution in [-0.4, -0.2) is 15.2 Å². The van der Waals surface area contributed by atoms with E-state index in [1.807, 2.05) is 0 Å². The summed E-state index contributed by atoms with van der Waals surface area (Å²) in [6.07, 6.45) is 1.81. The second kappa shape index (κ2) is 4.96. The first-order valence-corrected chi connectivity index (χ1v) is 5.73. The van der Waals surface area contributed by atoms with Crippen LogP contribution in [0, 0.1) is 0 Å². The molecule has 0 aliphatic rings. The number of phenolic OH excluding ortho intramolecular Hbond substituents is 2. The van der Waals surface area contributed by atoms with Crippen LogP contribution in [0.3, 0.4) is 0 Å². The van der Waals surface area contributed by atoms with Gasteiger partial charge >= 0.3 is 0 Å². The highest BCUT2D eigenvalue weighted by molar-refractivity contribution is 7.09. The van der Waals surface area contributed by atoms with Crippen LogP contribution in [0.1, 0.15) is 10.4 Å². The zero-order chi connectivity index (χ0) is 11.4. The van der Waals surface area contributed by atoms with Gasteiger partial charge in [0.1, 0.15) is 0 Å². The zero-order valence-corrected chi connectivity index (χ0v) is 9.37. The third-order valence-electron chi connectivity index (χ3n) is 2.20. The first-order chi connectivity index (χ1) is 7.77. The number of nitrogens with zero attached hydrogens (tertiary/aromatic N) is 1. The molecule has 0 aliphatic carbocycles. The van der Waals surface area contributed by atoms with E-state index in [2.05, 4.69) is 10.3 Å². The van der Waals surface area contributed by atoms with Gasteiger partial charge in [-0.05, 0) is 6.07 Å². The second-order valence-electron chi connectivity index (χ2n) is 3.36. The predicted molar refractivity (Wildman–Crippen MR) is 62.4 cm³/mol. The van der Waals surface area contributed by atoms with Crippen LogP contribution in [0.5, 0.6) is 11.5 Å². The molecule has 0 unspecified atom stereocenters. The van der Waals surface area contributed by atoms with Crippen LogP contribution >= 0.6 is 11.3 Å². The Morgan fingerprint density at radius 1 is 1.25 bits per heavy atom. The Bertz CT molecular complexity index is 457. The SMILES string of the molecule is Oc1cccc(CNCc2cncs2)c1O. The lowest BCUT2D eigenvalue weighted by molar-refractivity contribution is 0.398. The van der Waals surface area contributed by atoms with Gasteiger partial charge in [0.15, 0.2) is 11.5 Å². The smallest absolute Gasteiger partial charge is 0.161 e. The molecular weight excluding hydrogens is 224 g/mol. The summed E-state index contributed by atoms with van der Waals surface area (Å²) in [4.78, 5) is 5.11. The van der Waals surface area contributed by atoms with Gasteiger partial charge in [0.2, 0.25) is 0 Å². The van der Waals surface area contributed by atoms with E-state index >= 15 is 0 Å². The van der Waals surface area contributed by atoms with E-state index < -0.39 is 0 Å². The molecule has 1 heterocycles. The molecule has 84 valence electrons. The van der Waals surface area contributed by atoms with Crippen LogP contribution < -0.4 is 5.32 Å². The molecule has 0 saturated heterocycles. The minimum Gasteiger partial charge on any atom is -0.504 e. The van der Waals surface area contributed by atoms with Crippen molar-refractivity contribution in [2.45, 2.75) is 13.1 Å². The average Bonchev–Trinajstić information content (AvgIpc) is 2.77. The molecule has 2 rings (SSSR count). The maximum absolute atomic E-state index is 9.56. The maximum Gasteiger partial charge on any atom is 0.161 e. The number of hydrogen-bond donors (Lipinski definition) is 3. The summed E-state index contributed by atoms with van der Waals surface area (Å²) >= 11 is 1.58. The number of rotatable bonds is 4. The summed E-state index contributed by atoms with van der Waals surface area (Å²) in [5.41, 5.74) is 2.47. The molecule has 0 radical (unpaired) electrons. The number of nitrogens with one attached hydrogen (secondary N) is 1. The van der Waals surface area contributed by atoms with Crippen molar-refractivity contribution < 1.29 is 10.2 Å². The van der Waals surface area contributed by atoms with E-state index in [-0.39, 0.29) is 11.5 Å². The van der Waals surface area contributed by atoms with Gasteiger partial charge in [-0.25, -0.2) is 0 Å². The Morgan fingerprint density at radius 2 is 2.12 bits per heavy atom. The van der Waals surface area contributed by atoms with Crippen molar-refractivity contribution >= 4 is 11.3 Å². The largest absolute Gasteiger partial charge is 0.504 e. The minimum atomic E-state index is -0.0860. The van der Waals surface area contributed by atoms with E-state index in [1.54, 1.807) is 35.2 Å². The van der Waals surface area contributed by atoms with Gasteiger partial charge in [-0.2, -0.15) is 0 Å². The van der Waals surface area contributed by atoms with Crippen molar-refractivity contribution in [3.05, 3.63) is 40.3 Å². The van der Waals surface area contributed by atoms with Crippen molar-refractivity contribution in [2.75, 3.05) is 0 Å². The normalized spacial score (nSPS) is 10.5. The molecule has 0 aliphatic heterocycles. The lowest BCUT2D eigenvalue weighted by Gasteiger charge is -2.06. The number of benzene rings is 1. The number of thiazole rings is 1. The molecule has 3 N–H and O–H groups in total. The van der Waals surface area contributed by atoms with Gasteiger partial charge in [-0.1, -0.05) is 12.1 Å². The van der Waals surface area contributed by atoms with Crippen LogP contribution in [0.25, 0.3) is 0 Å². The summed E-state index contributed by atoms with van der Waals surface area (Å²) in [5.74, 6) is -0.142. The number of aromatic nitrogens is 1. The third-order valence-corrected chi connectivity index (χ3v) is 2.98. The highest BCUT2D eigenvalue weighted by atomic mass is 32.1. The van der Waals surface area contributed by atoms with Crippen molar-refractivity contribution in [3.8, 4) is 11.5 Å². The van der Waals surface area contributed by atoms with E-state index in [0.717, 1.165) is 4.88 Å². The maximum atomic E-state index is 9.56. The molecule has 5 heteroatoms. The summed E-state index contributed by atoms with van der Waals surface area (Å²) in [5, 5.41) is 22.0. The number of para-hydroxylation sites is 1. The Kier molecular flexibility index (Phi) is 3.38. The molecule has 1 aromatic carbocycles. The van der Waals surface area contributed by atoms with Crippen LogP contribution in [-0.2, 0) is 13.1 Å². The Morgan fingerprint density at radius 3 is 2.88 bits per heavy atom. The molecule has 0 spiro atoms. The second-order valence-corrected chi connectivity index (χ2v) is 4.33. The molecular formula is C11H12N2O2S. The van der Waals surface area contributed by atoms with Crippen LogP contribution in [0.2, 0.25) is 0 Å². The summed E-state index contributed by atoms with van der Waals surface area (Å²) < 4.78 is 0. The lowest BCUT2D eigenvalue weighted by Crippen LogP contribution is -2.11. The molecule has 0 amide bonds. The highest BCUT2D eigenvalue weighted by Gasteiger charge is 2.04. The van der Waals surface area contributed by atoms with Gasteiger partial charge in [0.05, 0.1) is 5.51 Å². The first kappa shape index (κ1) is 10.9. The van der Waals surface area contributed by atoms with E-state index in [1.165, 1.54) is 6.07 Å². The lowest BCUT2D eigenvalue weighted by atomic mass is 10.2. The van der Waals surface area contributed by atoms with E-state index in [0.29, 0.717) is 18.7 Å². The van der Waals surface area contributed by atoms with Crippen LogP contribution in [0.4, 0.5) is 0 Å². The summed E-state index contributed by atoms with van der Waals surface area (Å²) in [6, 6.07) is 4.94. The minimum absolute atomic E-state index is 0.0562. The van der Waals surface area contributed by atoms with Gasteiger partial charge < -0.3 is 15.5 Å². The quantitative estimate of drug-likeness (QED) is 0.709.